The van der Waals surface area contributed by atoms with Gasteiger partial charge in [-0.1, -0.05) is 30.7 Å². The van der Waals surface area contributed by atoms with Gasteiger partial charge < -0.3 is 10.4 Å². The lowest BCUT2D eigenvalue weighted by Crippen LogP contribution is -2.01. The summed E-state index contributed by atoms with van der Waals surface area (Å²) in [5, 5.41) is 12.2. The lowest BCUT2D eigenvalue weighted by molar-refractivity contribution is 0.0697. The molecule has 1 heterocycles. The zero-order chi connectivity index (χ0) is 13.8. The number of benzene rings is 1. The van der Waals surface area contributed by atoms with Crippen LogP contribution in [0.5, 0.6) is 0 Å². The van der Waals surface area contributed by atoms with E-state index in [4.69, 9.17) is 16.7 Å². The van der Waals surface area contributed by atoms with E-state index in [9.17, 15) is 4.79 Å². The van der Waals surface area contributed by atoms with Crippen LogP contribution in [0.2, 0.25) is 5.02 Å². The van der Waals surface area contributed by atoms with Crippen molar-refractivity contribution in [2.24, 2.45) is 0 Å². The van der Waals surface area contributed by atoms with Gasteiger partial charge in [0.2, 0.25) is 0 Å². The molecular formula is C14H13ClN2O2. The van der Waals surface area contributed by atoms with E-state index >= 15 is 0 Å². The zero-order valence-electron chi connectivity index (χ0n) is 10.4. The quantitative estimate of drug-likeness (QED) is 0.893. The van der Waals surface area contributed by atoms with Crippen molar-refractivity contribution in [2.75, 3.05) is 5.32 Å². The average molecular weight is 277 g/mol. The van der Waals surface area contributed by atoms with Gasteiger partial charge in [0.15, 0.2) is 0 Å². The Balaban J connectivity index is 2.22. The summed E-state index contributed by atoms with van der Waals surface area (Å²) in [6, 6.07) is 9.29. The Hall–Kier alpha value is -2.07. The summed E-state index contributed by atoms with van der Waals surface area (Å²) >= 11 is 5.76. The molecule has 0 unspecified atom stereocenters. The summed E-state index contributed by atoms with van der Waals surface area (Å²) in [4.78, 5) is 15.0. The molecule has 0 radical (unpaired) electrons. The number of aryl methyl sites for hydroxylation is 1. The SMILES string of the molecule is CCc1ccc(Nc2cc(C(=O)O)c(Cl)cn2)cc1. The number of aromatic nitrogens is 1. The van der Waals surface area contributed by atoms with Crippen molar-refractivity contribution < 1.29 is 9.90 Å². The molecule has 2 rings (SSSR count). The van der Waals surface area contributed by atoms with Gasteiger partial charge in [0, 0.05) is 11.9 Å². The van der Waals surface area contributed by atoms with E-state index in [1.807, 2.05) is 24.3 Å². The van der Waals surface area contributed by atoms with Crippen LogP contribution in [0.15, 0.2) is 36.5 Å². The van der Waals surface area contributed by atoms with Crippen LogP contribution in [-0.4, -0.2) is 16.1 Å². The summed E-state index contributed by atoms with van der Waals surface area (Å²) < 4.78 is 0. The first-order valence-electron chi connectivity index (χ1n) is 5.85. The summed E-state index contributed by atoms with van der Waals surface area (Å²) in [5.74, 6) is -0.622. The van der Waals surface area contributed by atoms with Gasteiger partial charge >= 0.3 is 5.97 Å². The standard InChI is InChI=1S/C14H13ClN2O2/c1-2-9-3-5-10(6-4-9)17-13-7-11(14(18)19)12(15)8-16-13/h3-8H,2H2,1H3,(H,16,17)(H,18,19). The second kappa shape index (κ2) is 5.71. The maximum absolute atomic E-state index is 11.0. The number of rotatable bonds is 4. The molecule has 0 saturated carbocycles. The maximum Gasteiger partial charge on any atom is 0.337 e. The molecule has 98 valence electrons. The number of anilines is 2. The van der Waals surface area contributed by atoms with Crippen molar-refractivity contribution in [1.29, 1.82) is 0 Å². The zero-order valence-corrected chi connectivity index (χ0v) is 11.1. The predicted molar refractivity (Wildman–Crippen MR) is 75.3 cm³/mol. The van der Waals surface area contributed by atoms with Crippen molar-refractivity contribution in [3.05, 3.63) is 52.7 Å². The van der Waals surface area contributed by atoms with Crippen LogP contribution >= 0.6 is 11.6 Å². The molecule has 0 bridgehead atoms. The van der Waals surface area contributed by atoms with E-state index in [1.54, 1.807) is 0 Å². The summed E-state index contributed by atoms with van der Waals surface area (Å²) in [6.45, 7) is 2.09. The van der Waals surface area contributed by atoms with Crippen molar-refractivity contribution >= 4 is 29.1 Å². The van der Waals surface area contributed by atoms with E-state index in [0.29, 0.717) is 5.82 Å². The topological polar surface area (TPSA) is 62.2 Å². The van der Waals surface area contributed by atoms with E-state index in [0.717, 1.165) is 12.1 Å². The first-order valence-corrected chi connectivity index (χ1v) is 6.22. The van der Waals surface area contributed by atoms with Gasteiger partial charge in [-0.05, 0) is 30.2 Å². The molecule has 19 heavy (non-hydrogen) atoms. The van der Waals surface area contributed by atoms with Crippen molar-refractivity contribution in [2.45, 2.75) is 13.3 Å². The molecular weight excluding hydrogens is 264 g/mol. The summed E-state index contributed by atoms with van der Waals surface area (Å²) in [7, 11) is 0. The second-order valence-electron chi connectivity index (χ2n) is 4.03. The minimum Gasteiger partial charge on any atom is -0.478 e. The fourth-order valence-corrected chi connectivity index (χ4v) is 1.83. The summed E-state index contributed by atoms with van der Waals surface area (Å²) in [6.07, 6.45) is 2.30. The lowest BCUT2D eigenvalue weighted by atomic mass is 10.1. The molecule has 0 atom stereocenters. The van der Waals surface area contributed by atoms with E-state index in [1.165, 1.54) is 17.8 Å². The number of carbonyl (C=O) groups is 1. The van der Waals surface area contributed by atoms with Crippen LogP contribution in [0.1, 0.15) is 22.8 Å². The van der Waals surface area contributed by atoms with Crippen LogP contribution in [0.25, 0.3) is 0 Å². The molecule has 1 aromatic carbocycles. The van der Waals surface area contributed by atoms with Crippen LogP contribution < -0.4 is 5.32 Å². The molecule has 0 aliphatic heterocycles. The monoisotopic (exact) mass is 276 g/mol. The van der Waals surface area contributed by atoms with Crippen molar-refractivity contribution in [3.8, 4) is 0 Å². The predicted octanol–water partition coefficient (Wildman–Crippen LogP) is 3.74. The van der Waals surface area contributed by atoms with Crippen molar-refractivity contribution in [3.63, 3.8) is 0 Å². The minimum atomic E-state index is -1.07. The van der Waals surface area contributed by atoms with Gasteiger partial charge in [0.25, 0.3) is 0 Å². The molecule has 1 aromatic heterocycles. The molecule has 0 saturated heterocycles. The van der Waals surface area contributed by atoms with E-state index in [-0.39, 0.29) is 10.6 Å². The number of pyridine rings is 1. The Kier molecular flexibility index (Phi) is 4.02. The lowest BCUT2D eigenvalue weighted by Gasteiger charge is -2.07. The highest BCUT2D eigenvalue weighted by atomic mass is 35.5. The van der Waals surface area contributed by atoms with E-state index < -0.39 is 5.97 Å². The molecule has 0 spiro atoms. The Bertz CT molecular complexity index is 597. The number of hydrogen-bond donors (Lipinski definition) is 2. The Morgan fingerprint density at radius 2 is 2.05 bits per heavy atom. The number of hydrogen-bond acceptors (Lipinski definition) is 3. The van der Waals surface area contributed by atoms with Crippen LogP contribution in [0, 0.1) is 0 Å². The highest BCUT2D eigenvalue weighted by Crippen LogP contribution is 2.21. The van der Waals surface area contributed by atoms with Crippen LogP contribution in [0.3, 0.4) is 0 Å². The highest BCUT2D eigenvalue weighted by molar-refractivity contribution is 6.33. The van der Waals surface area contributed by atoms with Gasteiger partial charge in [-0.2, -0.15) is 0 Å². The van der Waals surface area contributed by atoms with Crippen LogP contribution in [-0.2, 0) is 6.42 Å². The Labute approximate surface area is 116 Å². The largest absolute Gasteiger partial charge is 0.478 e. The molecule has 0 aliphatic carbocycles. The number of carboxylic acid groups (broad SMARTS) is 1. The minimum absolute atomic E-state index is 0.0318. The van der Waals surface area contributed by atoms with Gasteiger partial charge in [-0.3, -0.25) is 0 Å². The molecule has 0 fully saturated rings. The third-order valence-corrected chi connectivity index (χ3v) is 3.02. The molecule has 0 aliphatic rings. The van der Waals surface area contributed by atoms with Gasteiger partial charge in [0.05, 0.1) is 10.6 Å². The molecule has 2 aromatic rings. The molecule has 4 nitrogen and oxygen atoms in total. The molecule has 5 heteroatoms. The first-order chi connectivity index (χ1) is 9.10. The Morgan fingerprint density at radius 3 is 2.63 bits per heavy atom. The molecule has 2 N–H and O–H groups in total. The third-order valence-electron chi connectivity index (χ3n) is 2.72. The van der Waals surface area contributed by atoms with Gasteiger partial charge in [-0.15, -0.1) is 0 Å². The van der Waals surface area contributed by atoms with Crippen LogP contribution in [0.4, 0.5) is 11.5 Å². The number of nitrogens with one attached hydrogen (secondary N) is 1. The maximum atomic E-state index is 11.0. The summed E-state index contributed by atoms with van der Waals surface area (Å²) in [5.41, 5.74) is 2.12. The number of nitrogens with zero attached hydrogens (tertiary/aromatic N) is 1. The smallest absolute Gasteiger partial charge is 0.337 e. The fraction of sp³-hybridized carbons (Fsp3) is 0.143. The number of carboxylic acids is 1. The normalized spacial score (nSPS) is 10.2. The third kappa shape index (κ3) is 3.23. The fourth-order valence-electron chi connectivity index (χ4n) is 1.64. The average Bonchev–Trinajstić information content (AvgIpc) is 2.41. The van der Waals surface area contributed by atoms with Gasteiger partial charge in [-0.25, -0.2) is 9.78 Å². The number of halogens is 1. The second-order valence-corrected chi connectivity index (χ2v) is 4.44. The highest BCUT2D eigenvalue weighted by Gasteiger charge is 2.10. The van der Waals surface area contributed by atoms with E-state index in [2.05, 4.69) is 17.2 Å². The molecule has 0 amide bonds. The van der Waals surface area contributed by atoms with Crippen molar-refractivity contribution in [1.82, 2.24) is 4.98 Å². The van der Waals surface area contributed by atoms with Gasteiger partial charge in [0.1, 0.15) is 5.82 Å². The Morgan fingerprint density at radius 1 is 1.37 bits per heavy atom. The first kappa shape index (κ1) is 13.4. The number of aromatic carboxylic acids is 1.